The predicted molar refractivity (Wildman–Crippen MR) is 27.8 cm³/mol. The van der Waals surface area contributed by atoms with E-state index in [2.05, 4.69) is 25.6 Å². The molecule has 0 unspecified atom stereocenters. The van der Waals surface area contributed by atoms with Crippen molar-refractivity contribution in [3.63, 3.8) is 0 Å². The number of hydrogen-bond donors (Lipinski definition) is 3. The van der Waals surface area contributed by atoms with E-state index in [0.29, 0.717) is 3.71 Å². The molecule has 7 heavy (non-hydrogen) atoms. The Morgan fingerprint density at radius 2 is 1.71 bits per heavy atom. The first kappa shape index (κ1) is 10.6. The summed E-state index contributed by atoms with van der Waals surface area (Å²) >= 11 is 6.58. The van der Waals surface area contributed by atoms with E-state index in [4.69, 9.17) is 5.11 Å². The molecule has 0 spiro atoms. The molecular weight excluding hydrogens is 188 g/mol. The van der Waals surface area contributed by atoms with Crippen molar-refractivity contribution in [2.75, 3.05) is 0 Å². The van der Waals surface area contributed by atoms with Crippen molar-refractivity contribution < 1.29 is 29.4 Å². The molecule has 3 nitrogen and oxygen atoms in total. The van der Waals surface area contributed by atoms with Crippen molar-refractivity contribution in [1.29, 1.82) is 0 Å². The summed E-state index contributed by atoms with van der Waals surface area (Å²) in [5.41, 5.74) is 0. The van der Waals surface area contributed by atoms with Crippen LogP contribution in [0.15, 0.2) is 0 Å². The van der Waals surface area contributed by atoms with Crippen LogP contribution in [-0.2, 0) is 19.5 Å². The van der Waals surface area contributed by atoms with E-state index in [1.54, 1.807) is 0 Å². The molecule has 0 saturated heterocycles. The molecular formula is CH3NO2S2Zn. The molecule has 1 amide bonds. The summed E-state index contributed by atoms with van der Waals surface area (Å²) in [6, 6.07) is 0. The zero-order valence-electron chi connectivity index (χ0n) is 3.40. The molecule has 6 heteroatoms. The van der Waals surface area contributed by atoms with Gasteiger partial charge in [0.15, 0.2) is 0 Å². The van der Waals surface area contributed by atoms with E-state index < -0.39 is 6.09 Å². The number of carboxylic acid groups (broad SMARTS) is 1. The van der Waals surface area contributed by atoms with Crippen LogP contribution in [0.4, 0.5) is 4.79 Å². The number of amides is 1. The van der Waals surface area contributed by atoms with Gasteiger partial charge in [0.1, 0.15) is 0 Å². The SMILES string of the molecule is O=C(O)N(S)S.[Zn]. The molecule has 0 aromatic carbocycles. The van der Waals surface area contributed by atoms with Crippen LogP contribution in [0.1, 0.15) is 0 Å². The van der Waals surface area contributed by atoms with Gasteiger partial charge in [-0.3, -0.25) is 0 Å². The van der Waals surface area contributed by atoms with Gasteiger partial charge in [0, 0.05) is 19.5 Å². The minimum atomic E-state index is -1.18. The summed E-state index contributed by atoms with van der Waals surface area (Å²) in [7, 11) is 0. The van der Waals surface area contributed by atoms with Gasteiger partial charge in [-0.1, -0.05) is 0 Å². The second kappa shape index (κ2) is 4.75. The fourth-order valence-electron chi connectivity index (χ4n) is 0. The number of rotatable bonds is 0. The van der Waals surface area contributed by atoms with E-state index >= 15 is 0 Å². The molecule has 0 atom stereocenters. The first-order valence-electron chi connectivity index (χ1n) is 1.05. The van der Waals surface area contributed by atoms with Crippen LogP contribution in [0.5, 0.6) is 0 Å². The van der Waals surface area contributed by atoms with Crippen LogP contribution in [0, 0.1) is 0 Å². The maximum atomic E-state index is 9.47. The van der Waals surface area contributed by atoms with Crippen molar-refractivity contribution in [2.24, 2.45) is 0 Å². The Balaban J connectivity index is 0. The van der Waals surface area contributed by atoms with E-state index in [1.807, 2.05) is 0 Å². The van der Waals surface area contributed by atoms with Crippen LogP contribution in [0.3, 0.4) is 0 Å². The molecule has 0 fully saturated rings. The number of hydrogen-bond acceptors (Lipinski definition) is 3. The summed E-state index contributed by atoms with van der Waals surface area (Å²) in [4.78, 5) is 9.47. The summed E-state index contributed by atoms with van der Waals surface area (Å²) < 4.78 is 0.472. The van der Waals surface area contributed by atoms with Gasteiger partial charge in [0.25, 0.3) is 0 Å². The molecule has 38 valence electrons. The molecule has 0 aliphatic carbocycles. The van der Waals surface area contributed by atoms with Crippen LogP contribution in [0.25, 0.3) is 0 Å². The van der Waals surface area contributed by atoms with E-state index in [9.17, 15) is 4.79 Å². The fraction of sp³-hybridized carbons (Fsp3) is 0. The predicted octanol–water partition coefficient (Wildman–Crippen LogP) is 0.653. The van der Waals surface area contributed by atoms with Crippen LogP contribution in [-0.4, -0.2) is 14.9 Å². The Morgan fingerprint density at radius 1 is 1.57 bits per heavy atom. The second-order valence-electron chi connectivity index (χ2n) is 0.572. The normalized spacial score (nSPS) is 6.57. The Morgan fingerprint density at radius 3 is 1.71 bits per heavy atom. The smallest absolute Gasteiger partial charge is 0.427 e. The summed E-state index contributed by atoms with van der Waals surface area (Å²) in [6.45, 7) is 0. The molecule has 0 bridgehead atoms. The summed E-state index contributed by atoms with van der Waals surface area (Å²) in [5.74, 6) is 0. The van der Waals surface area contributed by atoms with Crippen LogP contribution in [0.2, 0.25) is 0 Å². The average molecular weight is 191 g/mol. The third-order valence-electron chi connectivity index (χ3n) is 0.171. The topological polar surface area (TPSA) is 40.5 Å². The monoisotopic (exact) mass is 189 g/mol. The molecule has 0 aromatic heterocycles. The standard InChI is InChI=1S/CH3NO2S2.Zn/c3-1(4)2(5)6;/h5-6H,(H,3,4);. The van der Waals surface area contributed by atoms with E-state index in [1.165, 1.54) is 0 Å². The maximum absolute atomic E-state index is 9.47. The second-order valence-corrected chi connectivity index (χ2v) is 1.69. The van der Waals surface area contributed by atoms with Gasteiger partial charge >= 0.3 is 6.09 Å². The minimum Gasteiger partial charge on any atom is -0.464 e. The zero-order chi connectivity index (χ0) is 5.15. The quantitative estimate of drug-likeness (QED) is 0.388. The van der Waals surface area contributed by atoms with Crippen molar-refractivity contribution >= 4 is 31.7 Å². The molecule has 0 rings (SSSR count). The molecule has 0 radical (unpaired) electrons. The molecule has 0 heterocycles. The molecule has 0 aromatic rings. The molecule has 0 saturated carbocycles. The van der Waals surface area contributed by atoms with Crippen molar-refractivity contribution in [3.05, 3.63) is 0 Å². The number of nitrogens with zero attached hydrogens (tertiary/aromatic N) is 1. The van der Waals surface area contributed by atoms with Gasteiger partial charge in [-0.15, -0.1) is 0 Å². The first-order chi connectivity index (χ1) is 2.64. The average Bonchev–Trinajstić information content (AvgIpc) is 1.36. The fourth-order valence-corrected chi connectivity index (χ4v) is 0. The van der Waals surface area contributed by atoms with Crippen LogP contribution >= 0.6 is 25.6 Å². The minimum absolute atomic E-state index is 0. The van der Waals surface area contributed by atoms with E-state index in [-0.39, 0.29) is 19.5 Å². The Hall–Kier alpha value is 0.593. The largest absolute Gasteiger partial charge is 0.464 e. The summed E-state index contributed by atoms with van der Waals surface area (Å²) in [5, 5.41) is 7.76. The first-order valence-corrected chi connectivity index (χ1v) is 1.85. The third-order valence-corrected chi connectivity index (χ3v) is 0.513. The molecule has 0 aliphatic rings. The van der Waals surface area contributed by atoms with Gasteiger partial charge in [-0.25, -0.2) is 4.79 Å². The Kier molecular flexibility index (Phi) is 7.15. The number of thiol groups is 2. The number of carbonyl (C=O) groups is 1. The van der Waals surface area contributed by atoms with E-state index in [0.717, 1.165) is 0 Å². The van der Waals surface area contributed by atoms with Gasteiger partial charge in [-0.05, 0) is 25.6 Å². The molecule has 1 N–H and O–H groups in total. The maximum Gasteiger partial charge on any atom is 0.427 e. The Labute approximate surface area is 64.9 Å². The van der Waals surface area contributed by atoms with Crippen molar-refractivity contribution in [3.8, 4) is 0 Å². The Bertz CT molecular complexity index is 66.7. The van der Waals surface area contributed by atoms with Crippen LogP contribution < -0.4 is 0 Å². The zero-order valence-corrected chi connectivity index (χ0v) is 8.16. The van der Waals surface area contributed by atoms with Gasteiger partial charge in [-0.2, -0.15) is 3.71 Å². The van der Waals surface area contributed by atoms with Crippen molar-refractivity contribution in [2.45, 2.75) is 0 Å². The van der Waals surface area contributed by atoms with Gasteiger partial charge < -0.3 is 5.11 Å². The summed E-state index contributed by atoms with van der Waals surface area (Å²) in [6.07, 6.45) is -1.18. The molecule has 0 aliphatic heterocycles. The third kappa shape index (κ3) is 6.59. The van der Waals surface area contributed by atoms with Crippen molar-refractivity contribution in [1.82, 2.24) is 3.71 Å². The van der Waals surface area contributed by atoms with Gasteiger partial charge in [0.05, 0.1) is 0 Å². The van der Waals surface area contributed by atoms with Gasteiger partial charge in [0.2, 0.25) is 0 Å².